The van der Waals surface area contributed by atoms with Crippen molar-refractivity contribution < 1.29 is 33.2 Å². The molecule has 52 heavy (non-hydrogen) atoms. The first-order valence-electron chi connectivity index (χ1n) is 17.8. The van der Waals surface area contributed by atoms with Gasteiger partial charge in [-0.15, -0.1) is 0 Å². The number of rotatable bonds is 14. The summed E-state index contributed by atoms with van der Waals surface area (Å²) in [6.07, 6.45) is 1.23. The van der Waals surface area contributed by atoms with Gasteiger partial charge in [0.25, 0.3) is 5.82 Å². The maximum Gasteiger partial charge on any atom is 0.408 e. The molecule has 2 unspecified atom stereocenters. The van der Waals surface area contributed by atoms with Crippen molar-refractivity contribution in [1.82, 2.24) is 31.1 Å². The van der Waals surface area contributed by atoms with E-state index in [1.807, 2.05) is 77.1 Å². The summed E-state index contributed by atoms with van der Waals surface area (Å²) >= 11 is 6.65. The fourth-order valence-corrected chi connectivity index (χ4v) is 6.83. The Balaban J connectivity index is 1.48. The van der Waals surface area contributed by atoms with Gasteiger partial charge in [-0.3, -0.25) is 9.59 Å². The average molecular weight is 735 g/mol. The average Bonchev–Trinajstić information content (AvgIpc) is 3.77. The largest absolute Gasteiger partial charge is 0.460 e. The van der Waals surface area contributed by atoms with E-state index in [-0.39, 0.29) is 49.6 Å². The summed E-state index contributed by atoms with van der Waals surface area (Å²) in [5.74, 6) is -2.46. The van der Waals surface area contributed by atoms with Crippen LogP contribution in [0.5, 0.6) is 0 Å². The second-order valence-corrected chi connectivity index (χ2v) is 14.0. The molecule has 278 valence electrons. The van der Waals surface area contributed by atoms with Crippen LogP contribution < -0.4 is 16.0 Å². The van der Waals surface area contributed by atoms with Crippen molar-refractivity contribution in [2.45, 2.75) is 97.9 Å². The highest BCUT2D eigenvalue weighted by Crippen LogP contribution is 2.38. The Hall–Kier alpha value is -4.91. The normalized spacial score (nSPS) is 17.7. The molecule has 4 N–H and O–H groups in total. The quantitative estimate of drug-likeness (QED) is 0.109. The molecule has 14 heteroatoms. The number of nitrogens with one attached hydrogen (secondary N) is 4. The Morgan fingerprint density at radius 1 is 1.02 bits per heavy atom. The molecule has 2 heterocycles. The van der Waals surface area contributed by atoms with Crippen LogP contribution in [0.2, 0.25) is 5.02 Å². The summed E-state index contributed by atoms with van der Waals surface area (Å²) < 4.78 is 16.0. The molecular formula is C38H47ClN6O7. The SMILES string of the molecule is CCOC(=O)c1noc([C@@H](NC(=O)[C@@]2(NC(=O)[C@@H](NC(=O)OCc3ccccc3)C(C)CC)CCc3[nH]c4c(Cl)cc(C)cc4c3C2)C(C)CC)n1. The highest BCUT2D eigenvalue weighted by molar-refractivity contribution is 6.35. The van der Waals surface area contributed by atoms with Gasteiger partial charge in [0, 0.05) is 17.5 Å². The number of nitrogens with zero attached hydrogens (tertiary/aromatic N) is 2. The first kappa shape index (κ1) is 38.3. The number of carbonyl (C=O) groups excluding carboxylic acids is 4. The number of carbonyl (C=O) groups is 4. The van der Waals surface area contributed by atoms with Gasteiger partial charge in [-0.05, 0) is 72.5 Å². The van der Waals surface area contributed by atoms with E-state index < -0.39 is 41.5 Å². The minimum atomic E-state index is -1.47. The molecule has 2 aromatic carbocycles. The Labute approximate surface area is 307 Å². The fourth-order valence-electron chi connectivity index (χ4n) is 6.51. The molecule has 0 saturated heterocycles. The van der Waals surface area contributed by atoms with E-state index in [0.717, 1.165) is 33.3 Å². The first-order valence-corrected chi connectivity index (χ1v) is 18.2. The maximum atomic E-state index is 14.8. The van der Waals surface area contributed by atoms with Crippen molar-refractivity contribution in [3.63, 3.8) is 0 Å². The molecule has 0 fully saturated rings. The van der Waals surface area contributed by atoms with Gasteiger partial charge in [-0.25, -0.2) is 9.59 Å². The van der Waals surface area contributed by atoms with Gasteiger partial charge in [0.1, 0.15) is 24.2 Å². The molecule has 0 spiro atoms. The summed E-state index contributed by atoms with van der Waals surface area (Å²) in [4.78, 5) is 62.2. The smallest absolute Gasteiger partial charge is 0.408 e. The van der Waals surface area contributed by atoms with Gasteiger partial charge in [-0.1, -0.05) is 82.5 Å². The zero-order chi connectivity index (χ0) is 37.6. The standard InChI is InChI=1S/C38H47ClN6O7/c1-7-22(5)29(42-37(49)51-20-24-13-11-10-12-14-24)33(46)44-38(16-15-28-26(19-38)25-17-21(4)18-27(39)31(25)40-28)36(48)41-30(23(6)8-2)34-43-32(45-52-34)35(47)50-9-3/h10-14,17-18,22-23,29-30,40H,7-9,15-16,19-20H2,1-6H3,(H,41,48)(H,42,49)(H,44,46)/t22?,23?,29-,30-,38+/m0/s1. The van der Waals surface area contributed by atoms with Crippen LogP contribution in [0.3, 0.4) is 0 Å². The third-order valence-electron chi connectivity index (χ3n) is 9.92. The Morgan fingerprint density at radius 3 is 2.44 bits per heavy atom. The summed E-state index contributed by atoms with van der Waals surface area (Å²) in [6.45, 7) is 11.4. The maximum absolute atomic E-state index is 14.8. The van der Waals surface area contributed by atoms with E-state index in [2.05, 4.69) is 31.1 Å². The van der Waals surface area contributed by atoms with E-state index in [0.29, 0.717) is 24.3 Å². The lowest BCUT2D eigenvalue weighted by Gasteiger charge is -2.39. The van der Waals surface area contributed by atoms with Crippen LogP contribution in [0.15, 0.2) is 47.0 Å². The third-order valence-corrected chi connectivity index (χ3v) is 10.2. The van der Waals surface area contributed by atoms with Crippen molar-refractivity contribution in [3.8, 4) is 0 Å². The molecule has 1 aliphatic rings. The minimum Gasteiger partial charge on any atom is -0.460 e. The van der Waals surface area contributed by atoms with Crippen LogP contribution in [-0.2, 0) is 38.5 Å². The second kappa shape index (κ2) is 16.6. The summed E-state index contributed by atoms with van der Waals surface area (Å²) in [5, 5.41) is 14.2. The Bertz CT molecular complexity index is 1910. The van der Waals surface area contributed by atoms with Crippen LogP contribution in [0.25, 0.3) is 10.9 Å². The van der Waals surface area contributed by atoms with Crippen LogP contribution in [-0.4, -0.2) is 57.2 Å². The van der Waals surface area contributed by atoms with E-state index >= 15 is 0 Å². The predicted molar refractivity (Wildman–Crippen MR) is 195 cm³/mol. The lowest BCUT2D eigenvalue weighted by atomic mass is 9.78. The monoisotopic (exact) mass is 734 g/mol. The predicted octanol–water partition coefficient (Wildman–Crippen LogP) is 6.28. The third kappa shape index (κ3) is 8.41. The molecule has 0 aliphatic heterocycles. The molecule has 0 radical (unpaired) electrons. The molecule has 1 aliphatic carbocycles. The number of hydrogen-bond donors (Lipinski definition) is 4. The zero-order valence-electron chi connectivity index (χ0n) is 30.4. The minimum absolute atomic E-state index is 0.0315. The van der Waals surface area contributed by atoms with Crippen LogP contribution in [0.4, 0.5) is 4.79 Å². The van der Waals surface area contributed by atoms with Crippen molar-refractivity contribution in [2.24, 2.45) is 11.8 Å². The molecule has 5 atom stereocenters. The van der Waals surface area contributed by atoms with Gasteiger partial charge in [-0.2, -0.15) is 4.98 Å². The summed E-state index contributed by atoms with van der Waals surface area (Å²) in [6, 6.07) is 11.3. The number of aromatic nitrogens is 3. The van der Waals surface area contributed by atoms with E-state index in [1.54, 1.807) is 6.92 Å². The lowest BCUT2D eigenvalue weighted by Crippen LogP contribution is -2.65. The number of aromatic amines is 1. The van der Waals surface area contributed by atoms with Gasteiger partial charge < -0.3 is 34.9 Å². The Morgan fingerprint density at radius 2 is 1.75 bits per heavy atom. The first-order chi connectivity index (χ1) is 24.9. The number of amides is 3. The molecule has 13 nitrogen and oxygen atoms in total. The molecule has 5 rings (SSSR count). The molecule has 3 amide bonds. The number of esters is 1. The van der Waals surface area contributed by atoms with Crippen LogP contribution >= 0.6 is 11.6 Å². The summed E-state index contributed by atoms with van der Waals surface area (Å²) in [7, 11) is 0. The van der Waals surface area contributed by atoms with Crippen LogP contribution in [0.1, 0.15) is 98.8 Å². The number of alkyl carbamates (subject to hydrolysis) is 1. The number of aryl methyl sites for hydroxylation is 2. The number of halogens is 1. The zero-order valence-corrected chi connectivity index (χ0v) is 31.2. The van der Waals surface area contributed by atoms with Gasteiger partial charge >= 0.3 is 12.1 Å². The fraction of sp³-hybridized carbons (Fsp3) is 0.474. The van der Waals surface area contributed by atoms with Crippen molar-refractivity contribution in [1.29, 1.82) is 0 Å². The highest BCUT2D eigenvalue weighted by atomic mass is 35.5. The van der Waals surface area contributed by atoms with Crippen molar-refractivity contribution >= 4 is 46.4 Å². The second-order valence-electron chi connectivity index (χ2n) is 13.6. The molecular weight excluding hydrogens is 688 g/mol. The number of fused-ring (bicyclic) bond motifs is 3. The van der Waals surface area contributed by atoms with Crippen molar-refractivity contribution in [3.05, 3.63) is 81.6 Å². The molecule has 0 saturated carbocycles. The molecule has 0 bridgehead atoms. The Kier molecular flexibility index (Phi) is 12.2. The number of hydrogen-bond acceptors (Lipinski definition) is 9. The molecule has 4 aromatic rings. The van der Waals surface area contributed by atoms with Gasteiger partial charge in [0.15, 0.2) is 0 Å². The van der Waals surface area contributed by atoms with Crippen molar-refractivity contribution in [2.75, 3.05) is 6.61 Å². The molecule has 2 aromatic heterocycles. The van der Waals surface area contributed by atoms with E-state index in [1.165, 1.54) is 0 Å². The van der Waals surface area contributed by atoms with Gasteiger partial charge in [0.05, 0.1) is 17.1 Å². The van der Waals surface area contributed by atoms with E-state index in [9.17, 15) is 19.2 Å². The lowest BCUT2D eigenvalue weighted by molar-refractivity contribution is -0.136. The highest BCUT2D eigenvalue weighted by Gasteiger charge is 2.47. The van der Waals surface area contributed by atoms with E-state index in [4.69, 9.17) is 25.6 Å². The number of H-pyrrole nitrogens is 1. The number of benzene rings is 2. The number of ether oxygens (including phenoxy) is 2. The topological polar surface area (TPSA) is 178 Å². The van der Waals surface area contributed by atoms with Gasteiger partial charge in [0.2, 0.25) is 17.7 Å². The summed E-state index contributed by atoms with van der Waals surface area (Å²) in [5.41, 5.74) is 2.83. The van der Waals surface area contributed by atoms with Crippen LogP contribution in [0, 0.1) is 18.8 Å².